The van der Waals surface area contributed by atoms with Gasteiger partial charge >= 0.3 is 6.03 Å². The van der Waals surface area contributed by atoms with E-state index in [0.29, 0.717) is 41.2 Å². The van der Waals surface area contributed by atoms with E-state index in [4.69, 9.17) is 28.9 Å². The van der Waals surface area contributed by atoms with Crippen molar-refractivity contribution in [2.75, 3.05) is 51.2 Å². The van der Waals surface area contributed by atoms with Crippen LogP contribution in [-0.2, 0) is 44.6 Å². The van der Waals surface area contributed by atoms with Gasteiger partial charge < -0.3 is 69.9 Å². The van der Waals surface area contributed by atoms with E-state index in [1.165, 1.54) is 32.0 Å². The molecule has 4 amide bonds. The van der Waals surface area contributed by atoms with Gasteiger partial charge in [-0.3, -0.25) is 19.0 Å². The SMILES string of the molecule is CO[C@@H]1OC(CO)[C@@H](O)[C@H](O[C@@H]2OC(C(=O)NCc3ccc(NC(=O)n4ccc5c(N(C)[C@H]6CN(C(=O)CC#N)CC[C@H]6C)ncnc54)cc3)[C@@H](OC)[C@H](O)C2O)C1NC(C)=O. The molecule has 12 atom stereocenters. The molecule has 0 bridgehead atoms. The Labute approximate surface area is 356 Å². The highest BCUT2D eigenvalue weighted by atomic mass is 16.7. The van der Waals surface area contributed by atoms with Gasteiger partial charge in [-0.05, 0) is 36.1 Å². The number of nitrogens with zero attached hydrogens (tertiary/aromatic N) is 6. The van der Waals surface area contributed by atoms with Crippen molar-refractivity contribution < 1.29 is 63.3 Å². The monoisotopic (exact) mass is 867 g/mol. The predicted octanol–water partition coefficient (Wildman–Crippen LogP) is -1.21. The zero-order chi connectivity index (χ0) is 44.8. The molecule has 0 saturated carbocycles. The molecule has 5 heterocycles. The maximum Gasteiger partial charge on any atom is 0.331 e. The van der Waals surface area contributed by atoms with Crippen molar-refractivity contribution in [3.63, 3.8) is 0 Å². The number of carbonyl (C=O) groups is 4. The third-order valence-electron chi connectivity index (χ3n) is 11.5. The summed E-state index contributed by atoms with van der Waals surface area (Å²) in [7, 11) is 4.39. The Morgan fingerprint density at radius 3 is 2.40 bits per heavy atom. The van der Waals surface area contributed by atoms with Crippen LogP contribution < -0.4 is 20.9 Å². The summed E-state index contributed by atoms with van der Waals surface area (Å²) in [6.45, 7) is 3.66. The Balaban J connectivity index is 1.09. The average molecular weight is 868 g/mol. The van der Waals surface area contributed by atoms with Gasteiger partial charge in [0.2, 0.25) is 11.8 Å². The predicted molar refractivity (Wildman–Crippen MR) is 216 cm³/mol. The molecule has 3 fully saturated rings. The van der Waals surface area contributed by atoms with E-state index in [-0.39, 0.29) is 30.8 Å². The molecule has 0 aliphatic carbocycles. The van der Waals surface area contributed by atoms with Crippen molar-refractivity contribution >= 4 is 46.3 Å². The lowest BCUT2D eigenvalue weighted by Crippen LogP contribution is -2.68. The molecule has 1 aromatic carbocycles. The maximum atomic E-state index is 13.5. The zero-order valence-corrected chi connectivity index (χ0v) is 34.9. The number of likely N-dealkylation sites (N-methyl/N-ethyl adjacent to an activating group) is 1. The van der Waals surface area contributed by atoms with Crippen LogP contribution in [0, 0.1) is 17.2 Å². The summed E-state index contributed by atoms with van der Waals surface area (Å²) >= 11 is 0. The van der Waals surface area contributed by atoms with Gasteiger partial charge in [0.15, 0.2) is 24.3 Å². The minimum atomic E-state index is -1.78. The van der Waals surface area contributed by atoms with E-state index in [1.807, 2.05) is 18.0 Å². The van der Waals surface area contributed by atoms with Crippen molar-refractivity contribution in [3.8, 4) is 6.07 Å². The van der Waals surface area contributed by atoms with Gasteiger partial charge in [0.25, 0.3) is 5.91 Å². The third-order valence-corrected chi connectivity index (χ3v) is 11.5. The van der Waals surface area contributed by atoms with Gasteiger partial charge in [0.1, 0.15) is 61.2 Å². The molecule has 0 spiro atoms. The van der Waals surface area contributed by atoms with Crippen molar-refractivity contribution in [1.29, 1.82) is 5.26 Å². The first-order valence-electron chi connectivity index (χ1n) is 20.0. The second-order valence-electron chi connectivity index (χ2n) is 15.5. The highest BCUT2D eigenvalue weighted by molar-refractivity contribution is 6.00. The van der Waals surface area contributed by atoms with Crippen molar-refractivity contribution in [2.24, 2.45) is 5.92 Å². The van der Waals surface area contributed by atoms with E-state index in [9.17, 15) is 39.6 Å². The molecule has 4 unspecified atom stereocenters. The van der Waals surface area contributed by atoms with Crippen LogP contribution in [0.15, 0.2) is 42.9 Å². The zero-order valence-electron chi connectivity index (χ0n) is 34.9. The number of ether oxygens (including phenoxy) is 5. The van der Waals surface area contributed by atoms with Gasteiger partial charge in [-0.15, -0.1) is 0 Å². The molecule has 3 aliphatic rings. The highest BCUT2D eigenvalue weighted by Gasteiger charge is 2.53. The number of aromatic nitrogens is 3. The van der Waals surface area contributed by atoms with Gasteiger partial charge in [0.05, 0.1) is 24.1 Å². The van der Waals surface area contributed by atoms with E-state index in [1.54, 1.807) is 41.4 Å². The Bertz CT molecular complexity index is 2100. The Morgan fingerprint density at radius 1 is 1.00 bits per heavy atom. The first-order chi connectivity index (χ1) is 29.7. The molecule has 3 aliphatic heterocycles. The summed E-state index contributed by atoms with van der Waals surface area (Å²) in [6, 6.07) is 8.57. The number of anilines is 2. The highest BCUT2D eigenvalue weighted by Crippen LogP contribution is 2.32. The van der Waals surface area contributed by atoms with Gasteiger partial charge in [-0.1, -0.05) is 19.1 Å². The van der Waals surface area contributed by atoms with Crippen LogP contribution in [-0.4, -0.2) is 172 Å². The van der Waals surface area contributed by atoms with Crippen molar-refractivity contribution in [3.05, 3.63) is 48.4 Å². The number of nitriles is 1. The molecule has 336 valence electrons. The number of piperidine rings is 1. The number of hydrogen-bond donors (Lipinski definition) is 7. The summed E-state index contributed by atoms with van der Waals surface area (Å²) in [5.41, 5.74) is 1.43. The van der Waals surface area contributed by atoms with Crippen LogP contribution in [0.5, 0.6) is 0 Å². The number of carbonyl (C=O) groups excluding carboxylic acids is 4. The number of nitrogens with one attached hydrogen (secondary N) is 3. The van der Waals surface area contributed by atoms with Gasteiger partial charge in [-0.2, -0.15) is 5.26 Å². The molecular formula is C40H53N9O13. The number of aliphatic hydroxyl groups is 4. The van der Waals surface area contributed by atoms with Crippen LogP contribution in [0.2, 0.25) is 0 Å². The summed E-state index contributed by atoms with van der Waals surface area (Å²) < 4.78 is 29.3. The molecule has 0 radical (unpaired) electrons. The first kappa shape index (κ1) is 46.2. The largest absolute Gasteiger partial charge is 0.394 e. The fraction of sp³-hybridized carbons (Fsp3) is 0.575. The molecule has 3 aromatic rings. The molecule has 22 nitrogen and oxygen atoms in total. The number of benzene rings is 1. The number of hydrogen-bond acceptors (Lipinski definition) is 17. The number of fused-ring (bicyclic) bond motifs is 1. The van der Waals surface area contributed by atoms with Crippen molar-refractivity contribution in [1.82, 2.24) is 30.1 Å². The van der Waals surface area contributed by atoms with E-state index in [0.717, 1.165) is 6.42 Å². The minimum absolute atomic E-state index is 0.0240. The second kappa shape index (κ2) is 20.2. The van der Waals surface area contributed by atoms with Crippen LogP contribution >= 0.6 is 0 Å². The van der Waals surface area contributed by atoms with Crippen molar-refractivity contribution in [2.45, 2.75) is 101 Å². The average Bonchev–Trinajstić information content (AvgIpc) is 3.71. The summed E-state index contributed by atoms with van der Waals surface area (Å²) in [4.78, 5) is 64.2. The number of amides is 4. The molecular weight excluding hydrogens is 814 g/mol. The molecule has 62 heavy (non-hydrogen) atoms. The Kier molecular flexibility index (Phi) is 15.1. The first-order valence-corrected chi connectivity index (χ1v) is 20.0. The van der Waals surface area contributed by atoms with E-state index >= 15 is 0 Å². The number of methoxy groups -OCH3 is 2. The van der Waals surface area contributed by atoms with Crippen LogP contribution in [0.25, 0.3) is 11.0 Å². The molecule has 7 N–H and O–H groups in total. The lowest BCUT2D eigenvalue weighted by atomic mass is 9.92. The quantitative estimate of drug-likeness (QED) is 0.106. The van der Waals surface area contributed by atoms with E-state index in [2.05, 4.69) is 32.8 Å². The third kappa shape index (κ3) is 9.81. The summed E-state index contributed by atoms with van der Waals surface area (Å²) in [5.74, 6) is -0.661. The number of likely N-dealkylation sites (tertiary alicyclic amines) is 1. The number of aliphatic hydroxyl groups excluding tert-OH is 4. The fourth-order valence-electron chi connectivity index (χ4n) is 8.08. The summed E-state index contributed by atoms with van der Waals surface area (Å²) in [6.07, 6.45) is -9.88. The van der Waals surface area contributed by atoms with Gasteiger partial charge in [0, 0.05) is 59.7 Å². The molecule has 6 rings (SSSR count). The number of rotatable bonds is 13. The van der Waals surface area contributed by atoms with Crippen LogP contribution in [0.3, 0.4) is 0 Å². The fourth-order valence-corrected chi connectivity index (χ4v) is 8.08. The molecule has 2 aromatic heterocycles. The second-order valence-corrected chi connectivity index (χ2v) is 15.5. The lowest BCUT2D eigenvalue weighted by molar-refractivity contribution is -0.338. The smallest absolute Gasteiger partial charge is 0.331 e. The minimum Gasteiger partial charge on any atom is -0.394 e. The standard InChI is InChI=1S/C40H53N9O13/c1-20-11-14-48(27(52)10-13-41)17-25(20)47(3)35-24-12-15-49(36(24)44-19-43-35)40(57)46-23-8-6-22(7-9-23)16-42-37(56)34-33(58-4)30(54)31(55)39(62-34)61-32-28(45-21(2)51)38(59-5)60-26(18-50)29(32)53/h6-9,12,15,19-20,25-26,28-34,38-39,50,53-55H,10-11,14,16-18H2,1-5H3,(H,42,56)(H,45,51)(H,46,57)/t20-,25+,26?,28?,29-,30-,31?,32-,33+,34?,38-,39-/m1/s1. The molecule has 3 saturated heterocycles. The maximum absolute atomic E-state index is 13.5. The van der Waals surface area contributed by atoms with E-state index < -0.39 is 85.8 Å². The summed E-state index contributed by atoms with van der Waals surface area (Å²) in [5, 5.41) is 60.5. The normalized spacial score (nSPS) is 30.0. The molecule has 22 heteroatoms. The van der Waals surface area contributed by atoms with Crippen LogP contribution in [0.4, 0.5) is 16.3 Å². The lowest BCUT2D eigenvalue weighted by Gasteiger charge is -2.47. The Hall–Kier alpha value is -5.35. The van der Waals surface area contributed by atoms with Gasteiger partial charge in [-0.25, -0.2) is 14.8 Å². The topological polar surface area (TPSA) is 292 Å². The Morgan fingerprint density at radius 2 is 1.74 bits per heavy atom. The van der Waals surface area contributed by atoms with Crippen LogP contribution in [0.1, 0.15) is 32.3 Å².